The lowest BCUT2D eigenvalue weighted by atomic mass is 9.90. The number of aromatic nitrogens is 1. The summed E-state index contributed by atoms with van der Waals surface area (Å²) in [7, 11) is 0. The molecule has 1 aliphatic carbocycles. The molecule has 132 valence electrons. The lowest BCUT2D eigenvalue weighted by Crippen LogP contribution is -2.49. The van der Waals surface area contributed by atoms with Gasteiger partial charge in [-0.1, -0.05) is 12.8 Å². The molecule has 1 heterocycles. The number of ether oxygens (including phenoxy) is 1. The standard InChI is InChI=1S/C16H24N4O4/c1-16(2,3)24-15(21)19-12-8-5-4-7-11(12)18-14-13(20(22)23)9-6-10-17-14/h6,9-12H,4-5,7-8H2,1-3H3,(H,17,18)(H,19,21)/t11-,12-/m0/s1. The number of nitro groups is 1. The Balaban J connectivity index is 2.07. The molecule has 0 radical (unpaired) electrons. The van der Waals surface area contributed by atoms with E-state index >= 15 is 0 Å². The largest absolute Gasteiger partial charge is 0.444 e. The van der Waals surface area contributed by atoms with Crippen molar-refractivity contribution < 1.29 is 14.5 Å². The lowest BCUT2D eigenvalue weighted by molar-refractivity contribution is -0.384. The van der Waals surface area contributed by atoms with E-state index in [0.717, 1.165) is 25.7 Å². The van der Waals surface area contributed by atoms with Crippen molar-refractivity contribution in [1.29, 1.82) is 0 Å². The Bertz CT molecular complexity index is 600. The maximum atomic E-state index is 12.0. The summed E-state index contributed by atoms with van der Waals surface area (Å²) < 4.78 is 5.30. The number of anilines is 1. The van der Waals surface area contributed by atoms with Gasteiger partial charge in [-0.05, 0) is 39.7 Å². The number of alkyl carbamates (subject to hydrolysis) is 1. The number of nitrogens with one attached hydrogen (secondary N) is 2. The summed E-state index contributed by atoms with van der Waals surface area (Å²) >= 11 is 0. The van der Waals surface area contributed by atoms with Gasteiger partial charge in [-0.2, -0.15) is 0 Å². The minimum Gasteiger partial charge on any atom is -0.444 e. The van der Waals surface area contributed by atoms with Crippen molar-refractivity contribution in [3.05, 3.63) is 28.4 Å². The Morgan fingerprint density at radius 3 is 2.62 bits per heavy atom. The molecular formula is C16H24N4O4. The Labute approximate surface area is 141 Å². The second kappa shape index (κ2) is 7.46. The molecular weight excluding hydrogens is 312 g/mol. The predicted molar refractivity (Wildman–Crippen MR) is 89.9 cm³/mol. The van der Waals surface area contributed by atoms with Gasteiger partial charge in [0.1, 0.15) is 5.60 Å². The van der Waals surface area contributed by atoms with Gasteiger partial charge in [0.2, 0.25) is 5.82 Å². The van der Waals surface area contributed by atoms with E-state index in [1.165, 1.54) is 18.3 Å². The molecule has 0 bridgehead atoms. The number of hydrogen-bond acceptors (Lipinski definition) is 6. The van der Waals surface area contributed by atoms with E-state index in [4.69, 9.17) is 4.74 Å². The summed E-state index contributed by atoms with van der Waals surface area (Å²) in [6, 6.07) is 2.66. The van der Waals surface area contributed by atoms with Crippen LogP contribution in [0.5, 0.6) is 0 Å². The number of carbonyl (C=O) groups excluding carboxylic acids is 1. The monoisotopic (exact) mass is 336 g/mol. The third-order valence-electron chi connectivity index (χ3n) is 3.77. The minimum atomic E-state index is -0.568. The average Bonchev–Trinajstić information content (AvgIpc) is 2.47. The van der Waals surface area contributed by atoms with Crippen molar-refractivity contribution in [3.8, 4) is 0 Å². The van der Waals surface area contributed by atoms with Crippen LogP contribution >= 0.6 is 0 Å². The number of carbonyl (C=O) groups is 1. The minimum absolute atomic E-state index is 0.0703. The number of nitrogens with zero attached hydrogens (tertiary/aromatic N) is 2. The molecule has 8 nitrogen and oxygen atoms in total. The molecule has 24 heavy (non-hydrogen) atoms. The zero-order valence-corrected chi connectivity index (χ0v) is 14.2. The van der Waals surface area contributed by atoms with Gasteiger partial charge in [0.05, 0.1) is 11.0 Å². The Hall–Kier alpha value is -2.38. The van der Waals surface area contributed by atoms with Crippen LogP contribution in [0.2, 0.25) is 0 Å². The second-order valence-electron chi connectivity index (χ2n) is 6.92. The van der Waals surface area contributed by atoms with Gasteiger partial charge in [0.25, 0.3) is 0 Å². The first-order valence-corrected chi connectivity index (χ1v) is 8.12. The highest BCUT2D eigenvalue weighted by Crippen LogP contribution is 2.26. The van der Waals surface area contributed by atoms with Gasteiger partial charge < -0.3 is 15.4 Å². The molecule has 1 aromatic heterocycles. The van der Waals surface area contributed by atoms with E-state index in [-0.39, 0.29) is 23.6 Å². The molecule has 0 aliphatic heterocycles. The van der Waals surface area contributed by atoms with Crippen molar-refractivity contribution in [2.24, 2.45) is 0 Å². The normalized spacial score (nSPS) is 21.0. The number of hydrogen-bond donors (Lipinski definition) is 2. The SMILES string of the molecule is CC(C)(C)OC(=O)N[C@H]1CCCC[C@@H]1Nc1ncccc1[N+](=O)[O-]. The van der Waals surface area contributed by atoms with Crippen LogP contribution in [0.25, 0.3) is 0 Å². The van der Waals surface area contributed by atoms with Gasteiger partial charge in [-0.15, -0.1) is 0 Å². The van der Waals surface area contributed by atoms with Crippen molar-refractivity contribution >= 4 is 17.6 Å². The molecule has 2 rings (SSSR count). The smallest absolute Gasteiger partial charge is 0.407 e. The quantitative estimate of drug-likeness (QED) is 0.646. The van der Waals surface area contributed by atoms with Gasteiger partial charge in [0.15, 0.2) is 0 Å². The maximum Gasteiger partial charge on any atom is 0.407 e. The molecule has 1 amide bonds. The van der Waals surface area contributed by atoms with Crippen molar-refractivity contribution in [2.45, 2.75) is 64.1 Å². The predicted octanol–water partition coefficient (Wildman–Crippen LogP) is 3.24. The van der Waals surface area contributed by atoms with Gasteiger partial charge >= 0.3 is 11.8 Å². The van der Waals surface area contributed by atoms with Crippen LogP contribution in [0.15, 0.2) is 18.3 Å². The van der Waals surface area contributed by atoms with Crippen molar-refractivity contribution in [1.82, 2.24) is 10.3 Å². The molecule has 1 aliphatic rings. The zero-order valence-electron chi connectivity index (χ0n) is 14.2. The highest BCUT2D eigenvalue weighted by Gasteiger charge is 2.30. The van der Waals surface area contributed by atoms with E-state index in [9.17, 15) is 14.9 Å². The molecule has 8 heteroatoms. The Morgan fingerprint density at radius 1 is 1.33 bits per heavy atom. The number of rotatable bonds is 4. The molecule has 2 N–H and O–H groups in total. The topological polar surface area (TPSA) is 106 Å². The van der Waals surface area contributed by atoms with Crippen LogP contribution in [0.3, 0.4) is 0 Å². The molecule has 0 aromatic carbocycles. The Kier molecular flexibility index (Phi) is 5.58. The fourth-order valence-corrected chi connectivity index (χ4v) is 2.77. The summed E-state index contributed by atoms with van der Waals surface area (Å²) in [5.74, 6) is 0.227. The van der Waals surface area contributed by atoms with Crippen molar-refractivity contribution in [2.75, 3.05) is 5.32 Å². The third-order valence-corrected chi connectivity index (χ3v) is 3.77. The van der Waals surface area contributed by atoms with Crippen LogP contribution in [0.4, 0.5) is 16.3 Å². The van der Waals surface area contributed by atoms with Gasteiger partial charge in [-0.25, -0.2) is 9.78 Å². The molecule has 1 saturated carbocycles. The van der Waals surface area contributed by atoms with E-state index < -0.39 is 16.6 Å². The molecule has 1 aromatic rings. The van der Waals surface area contributed by atoms with Gasteiger partial charge in [-0.3, -0.25) is 10.1 Å². The Morgan fingerprint density at radius 2 is 2.00 bits per heavy atom. The molecule has 0 saturated heterocycles. The van der Waals surface area contributed by atoms with Crippen molar-refractivity contribution in [3.63, 3.8) is 0 Å². The van der Waals surface area contributed by atoms with Crippen LogP contribution in [-0.2, 0) is 4.74 Å². The highest BCUT2D eigenvalue weighted by atomic mass is 16.6. The molecule has 0 spiro atoms. The zero-order chi connectivity index (χ0) is 17.7. The fourth-order valence-electron chi connectivity index (χ4n) is 2.77. The van der Waals surface area contributed by atoms with E-state index in [1.54, 1.807) is 20.8 Å². The molecule has 0 unspecified atom stereocenters. The average molecular weight is 336 g/mol. The van der Waals surface area contributed by atoms with E-state index in [1.807, 2.05) is 0 Å². The lowest BCUT2D eigenvalue weighted by Gasteiger charge is -2.33. The van der Waals surface area contributed by atoms with Crippen LogP contribution in [0, 0.1) is 10.1 Å². The molecule has 2 atom stereocenters. The first-order chi connectivity index (χ1) is 11.3. The molecule has 1 fully saturated rings. The van der Waals surface area contributed by atoms with Crippen LogP contribution in [0.1, 0.15) is 46.5 Å². The third kappa shape index (κ3) is 5.07. The van der Waals surface area contributed by atoms with Gasteiger partial charge in [0, 0.05) is 18.3 Å². The summed E-state index contributed by atoms with van der Waals surface area (Å²) in [5, 5.41) is 17.1. The summed E-state index contributed by atoms with van der Waals surface area (Å²) in [4.78, 5) is 26.7. The summed E-state index contributed by atoms with van der Waals surface area (Å²) in [5.41, 5.74) is -0.638. The fraction of sp³-hybridized carbons (Fsp3) is 0.625. The first kappa shape index (κ1) is 18.0. The van der Waals surface area contributed by atoms with Crippen LogP contribution in [-0.4, -0.2) is 33.7 Å². The number of pyridine rings is 1. The maximum absolute atomic E-state index is 12.0. The van der Waals surface area contributed by atoms with E-state index in [0.29, 0.717) is 0 Å². The van der Waals surface area contributed by atoms with E-state index in [2.05, 4.69) is 15.6 Å². The number of amides is 1. The highest BCUT2D eigenvalue weighted by molar-refractivity contribution is 5.68. The second-order valence-corrected chi connectivity index (χ2v) is 6.92. The van der Waals surface area contributed by atoms with Crippen LogP contribution < -0.4 is 10.6 Å². The first-order valence-electron chi connectivity index (χ1n) is 8.12. The summed E-state index contributed by atoms with van der Waals surface area (Å²) in [6.07, 6.45) is 4.60. The summed E-state index contributed by atoms with van der Waals surface area (Å²) in [6.45, 7) is 5.42.